The molecule has 0 fully saturated rings. The largest absolute Gasteiger partial charge is 0.489 e. The molecule has 0 saturated heterocycles. The van der Waals surface area contributed by atoms with Crippen LogP contribution in [0.4, 0.5) is 0 Å². The summed E-state index contributed by atoms with van der Waals surface area (Å²) in [6.07, 6.45) is 0.320. The standard InChI is InChI=1S/C15H17IO2/c1-10(17)9-11(2)18-14-8-7-12-5-3-4-6-13(12)15(14)16/h3-8,10-11,17H,9H2,1-2H3/t10-,11+/m1/s1. The molecule has 0 aliphatic heterocycles. The van der Waals surface area contributed by atoms with Crippen LogP contribution >= 0.6 is 22.6 Å². The van der Waals surface area contributed by atoms with E-state index in [1.165, 1.54) is 10.8 Å². The van der Waals surface area contributed by atoms with Crippen molar-refractivity contribution in [3.8, 4) is 5.75 Å². The quantitative estimate of drug-likeness (QED) is 0.840. The van der Waals surface area contributed by atoms with Crippen molar-refractivity contribution in [2.75, 3.05) is 0 Å². The Morgan fingerprint density at radius 3 is 2.61 bits per heavy atom. The van der Waals surface area contributed by atoms with Gasteiger partial charge >= 0.3 is 0 Å². The summed E-state index contributed by atoms with van der Waals surface area (Å²) in [5.41, 5.74) is 0. The van der Waals surface area contributed by atoms with Gasteiger partial charge in [-0.1, -0.05) is 30.3 Å². The van der Waals surface area contributed by atoms with Gasteiger partial charge in [-0.25, -0.2) is 0 Å². The van der Waals surface area contributed by atoms with E-state index in [1.54, 1.807) is 6.92 Å². The minimum Gasteiger partial charge on any atom is -0.489 e. The molecule has 0 amide bonds. The van der Waals surface area contributed by atoms with Crippen molar-refractivity contribution in [2.24, 2.45) is 0 Å². The van der Waals surface area contributed by atoms with E-state index in [0.717, 1.165) is 9.32 Å². The molecule has 0 saturated carbocycles. The molecule has 0 bridgehead atoms. The number of hydrogen-bond acceptors (Lipinski definition) is 2. The zero-order chi connectivity index (χ0) is 13.1. The van der Waals surface area contributed by atoms with Crippen molar-refractivity contribution >= 4 is 33.4 Å². The Kier molecular flexibility index (Phi) is 4.45. The minimum absolute atomic E-state index is 0.0136. The third kappa shape index (κ3) is 3.14. The van der Waals surface area contributed by atoms with Crippen molar-refractivity contribution in [2.45, 2.75) is 32.5 Å². The Morgan fingerprint density at radius 2 is 1.89 bits per heavy atom. The minimum atomic E-state index is -0.335. The molecule has 2 atom stereocenters. The van der Waals surface area contributed by atoms with Crippen LogP contribution in [-0.2, 0) is 0 Å². The van der Waals surface area contributed by atoms with Crippen LogP contribution in [0, 0.1) is 3.57 Å². The molecule has 0 radical (unpaired) electrons. The summed E-state index contributed by atoms with van der Waals surface area (Å²) < 4.78 is 7.02. The number of benzene rings is 2. The number of hydrogen-bond donors (Lipinski definition) is 1. The summed E-state index contributed by atoms with van der Waals surface area (Å²) in [4.78, 5) is 0. The zero-order valence-electron chi connectivity index (χ0n) is 10.6. The summed E-state index contributed by atoms with van der Waals surface area (Å²) in [5, 5.41) is 11.8. The first-order valence-corrected chi connectivity index (χ1v) is 7.17. The number of aliphatic hydroxyl groups excluding tert-OH is 1. The van der Waals surface area contributed by atoms with Gasteiger partial charge in [-0.3, -0.25) is 0 Å². The van der Waals surface area contributed by atoms with E-state index in [-0.39, 0.29) is 12.2 Å². The molecular weight excluding hydrogens is 339 g/mol. The average molecular weight is 356 g/mol. The van der Waals surface area contributed by atoms with Gasteiger partial charge in [0.1, 0.15) is 5.75 Å². The second kappa shape index (κ2) is 5.89. The Hall–Kier alpha value is -0.810. The van der Waals surface area contributed by atoms with E-state index in [2.05, 4.69) is 40.8 Å². The number of rotatable bonds is 4. The lowest BCUT2D eigenvalue weighted by Crippen LogP contribution is -2.18. The van der Waals surface area contributed by atoms with E-state index >= 15 is 0 Å². The van der Waals surface area contributed by atoms with E-state index in [4.69, 9.17) is 4.74 Å². The molecular formula is C15H17IO2. The summed E-state index contributed by atoms with van der Waals surface area (Å²) in [5.74, 6) is 0.891. The van der Waals surface area contributed by atoms with Gasteiger partial charge in [-0.15, -0.1) is 0 Å². The molecule has 1 N–H and O–H groups in total. The van der Waals surface area contributed by atoms with Crippen LogP contribution in [0.3, 0.4) is 0 Å². The van der Waals surface area contributed by atoms with Gasteiger partial charge in [0.15, 0.2) is 0 Å². The lowest BCUT2D eigenvalue weighted by molar-refractivity contribution is 0.115. The van der Waals surface area contributed by atoms with Gasteiger partial charge in [0, 0.05) is 6.42 Å². The predicted molar refractivity (Wildman–Crippen MR) is 83.1 cm³/mol. The van der Waals surface area contributed by atoms with Crippen LogP contribution in [0.25, 0.3) is 10.8 Å². The molecule has 0 unspecified atom stereocenters. The van der Waals surface area contributed by atoms with Crippen LogP contribution in [0.15, 0.2) is 36.4 Å². The molecule has 96 valence electrons. The average Bonchev–Trinajstić information content (AvgIpc) is 2.32. The van der Waals surface area contributed by atoms with Crippen LogP contribution in [0.5, 0.6) is 5.75 Å². The molecule has 0 spiro atoms. The number of halogens is 1. The van der Waals surface area contributed by atoms with Crippen molar-refractivity contribution in [1.29, 1.82) is 0 Å². The smallest absolute Gasteiger partial charge is 0.133 e. The van der Waals surface area contributed by atoms with E-state index in [1.807, 2.05) is 25.1 Å². The number of ether oxygens (including phenoxy) is 1. The Bertz CT molecular complexity index is 537. The van der Waals surface area contributed by atoms with Crippen LogP contribution in [0.1, 0.15) is 20.3 Å². The molecule has 0 aliphatic carbocycles. The van der Waals surface area contributed by atoms with Gasteiger partial charge in [0.25, 0.3) is 0 Å². The molecule has 2 aromatic carbocycles. The number of fused-ring (bicyclic) bond motifs is 1. The van der Waals surface area contributed by atoms with Gasteiger partial charge in [-0.2, -0.15) is 0 Å². The molecule has 2 rings (SSSR count). The Labute approximate surface area is 121 Å². The van der Waals surface area contributed by atoms with Crippen LogP contribution < -0.4 is 4.74 Å². The second-order valence-electron chi connectivity index (χ2n) is 4.61. The summed E-state index contributed by atoms with van der Waals surface area (Å²) in [6, 6.07) is 12.3. The van der Waals surface area contributed by atoms with Crippen molar-refractivity contribution in [3.63, 3.8) is 0 Å². The topological polar surface area (TPSA) is 29.5 Å². The lowest BCUT2D eigenvalue weighted by Gasteiger charge is -2.18. The molecule has 3 heteroatoms. The van der Waals surface area contributed by atoms with Gasteiger partial charge in [-0.05, 0) is 53.3 Å². The van der Waals surface area contributed by atoms with Crippen molar-refractivity contribution < 1.29 is 9.84 Å². The fourth-order valence-corrected chi connectivity index (χ4v) is 2.85. The maximum absolute atomic E-state index is 9.36. The van der Waals surface area contributed by atoms with Gasteiger partial charge in [0.05, 0.1) is 15.8 Å². The maximum atomic E-state index is 9.36. The molecule has 2 nitrogen and oxygen atoms in total. The van der Waals surface area contributed by atoms with E-state index in [0.29, 0.717) is 6.42 Å². The van der Waals surface area contributed by atoms with Gasteiger partial charge in [0.2, 0.25) is 0 Å². The SMILES string of the molecule is C[C@@H](O)C[C@H](C)Oc1ccc2ccccc2c1I. The van der Waals surface area contributed by atoms with Gasteiger partial charge < -0.3 is 9.84 Å². The molecule has 0 heterocycles. The fourth-order valence-electron chi connectivity index (χ4n) is 2.05. The maximum Gasteiger partial charge on any atom is 0.133 e. The Balaban J connectivity index is 2.26. The first-order valence-electron chi connectivity index (χ1n) is 6.10. The highest BCUT2D eigenvalue weighted by atomic mass is 127. The lowest BCUT2D eigenvalue weighted by atomic mass is 10.1. The summed E-state index contributed by atoms with van der Waals surface area (Å²) in [7, 11) is 0. The van der Waals surface area contributed by atoms with Crippen molar-refractivity contribution in [3.05, 3.63) is 40.0 Å². The normalized spacial score (nSPS) is 14.4. The summed E-state index contributed by atoms with van der Waals surface area (Å²) >= 11 is 2.32. The third-order valence-electron chi connectivity index (χ3n) is 2.83. The highest BCUT2D eigenvalue weighted by Crippen LogP contribution is 2.30. The first-order chi connectivity index (χ1) is 8.58. The monoisotopic (exact) mass is 356 g/mol. The molecule has 18 heavy (non-hydrogen) atoms. The second-order valence-corrected chi connectivity index (χ2v) is 5.69. The molecule has 0 aromatic heterocycles. The fraction of sp³-hybridized carbons (Fsp3) is 0.333. The third-order valence-corrected chi connectivity index (χ3v) is 3.94. The highest BCUT2D eigenvalue weighted by Gasteiger charge is 2.11. The number of aliphatic hydroxyl groups is 1. The van der Waals surface area contributed by atoms with Crippen LogP contribution in [0.2, 0.25) is 0 Å². The van der Waals surface area contributed by atoms with E-state index < -0.39 is 0 Å². The first kappa shape index (κ1) is 13.6. The van der Waals surface area contributed by atoms with Crippen LogP contribution in [-0.4, -0.2) is 17.3 Å². The Morgan fingerprint density at radius 1 is 1.17 bits per heavy atom. The molecule has 2 aromatic rings. The van der Waals surface area contributed by atoms with E-state index in [9.17, 15) is 5.11 Å². The van der Waals surface area contributed by atoms with Crippen molar-refractivity contribution in [1.82, 2.24) is 0 Å². The molecule has 0 aliphatic rings. The predicted octanol–water partition coefficient (Wildman–Crippen LogP) is 3.98. The highest BCUT2D eigenvalue weighted by molar-refractivity contribution is 14.1. The summed E-state index contributed by atoms with van der Waals surface area (Å²) in [6.45, 7) is 3.77. The zero-order valence-corrected chi connectivity index (χ0v) is 12.7.